The number of pyridine rings is 2. The van der Waals surface area contributed by atoms with Gasteiger partial charge in [0.05, 0.1) is 5.69 Å². The molecule has 0 saturated heterocycles. The Labute approximate surface area is 180 Å². The first-order valence-corrected chi connectivity index (χ1v) is 10.3. The molecule has 5 rings (SSSR count). The fourth-order valence-electron chi connectivity index (χ4n) is 3.96. The van der Waals surface area contributed by atoms with Crippen molar-refractivity contribution >= 4 is 11.6 Å². The number of hydrogen-bond donors (Lipinski definition) is 1. The van der Waals surface area contributed by atoms with E-state index in [2.05, 4.69) is 32.4 Å². The first-order valence-electron chi connectivity index (χ1n) is 10.3. The van der Waals surface area contributed by atoms with Gasteiger partial charge in [0.15, 0.2) is 5.82 Å². The molecule has 1 amide bonds. The molecule has 0 spiro atoms. The number of fused-ring (bicyclic) bond motifs is 3. The Balaban J connectivity index is 1.49. The van der Waals surface area contributed by atoms with Gasteiger partial charge >= 0.3 is 0 Å². The summed E-state index contributed by atoms with van der Waals surface area (Å²) in [6, 6.07) is 11.6. The van der Waals surface area contributed by atoms with E-state index < -0.39 is 0 Å². The Kier molecular flexibility index (Phi) is 4.96. The zero-order valence-electron chi connectivity index (χ0n) is 17.2. The molecule has 31 heavy (non-hydrogen) atoms. The summed E-state index contributed by atoms with van der Waals surface area (Å²) in [6.07, 6.45) is 11.6. The number of anilines is 1. The van der Waals surface area contributed by atoms with Crippen molar-refractivity contribution in [2.45, 2.75) is 26.2 Å². The number of nitrogens with one attached hydrogen (secondary N) is 1. The van der Waals surface area contributed by atoms with Crippen LogP contribution in [0.25, 0.3) is 22.6 Å². The van der Waals surface area contributed by atoms with Crippen molar-refractivity contribution in [1.82, 2.24) is 19.9 Å². The molecule has 0 bridgehead atoms. The van der Waals surface area contributed by atoms with Gasteiger partial charge < -0.3 is 5.32 Å². The Morgan fingerprint density at radius 2 is 1.84 bits per heavy atom. The summed E-state index contributed by atoms with van der Waals surface area (Å²) >= 11 is 0. The highest BCUT2D eigenvalue weighted by Crippen LogP contribution is 2.33. The fraction of sp³-hybridized carbons (Fsp3) is 0.160. The molecular weight excluding hydrogens is 386 g/mol. The van der Waals surface area contributed by atoms with E-state index in [9.17, 15) is 4.79 Å². The molecule has 1 aliphatic carbocycles. The Morgan fingerprint density at radius 1 is 0.968 bits per heavy atom. The Bertz CT molecular complexity index is 1270. The highest BCUT2D eigenvalue weighted by molar-refractivity contribution is 6.05. The minimum atomic E-state index is -0.130. The van der Waals surface area contributed by atoms with Crippen LogP contribution in [-0.2, 0) is 12.8 Å². The van der Waals surface area contributed by atoms with Gasteiger partial charge in [-0.2, -0.15) is 0 Å². The zero-order valence-corrected chi connectivity index (χ0v) is 17.2. The molecule has 0 unspecified atom stereocenters. The van der Waals surface area contributed by atoms with E-state index in [1.54, 1.807) is 30.9 Å². The van der Waals surface area contributed by atoms with Crippen LogP contribution in [0.5, 0.6) is 0 Å². The quantitative estimate of drug-likeness (QED) is 0.535. The van der Waals surface area contributed by atoms with Gasteiger partial charge in [-0.1, -0.05) is 6.07 Å². The molecule has 3 aromatic heterocycles. The van der Waals surface area contributed by atoms with Gasteiger partial charge in [0.25, 0.3) is 5.91 Å². The lowest BCUT2D eigenvalue weighted by Crippen LogP contribution is -2.13. The normalized spacial score (nSPS) is 12.4. The lowest BCUT2D eigenvalue weighted by atomic mass is 10.0. The molecule has 1 aliphatic rings. The molecule has 4 aromatic rings. The van der Waals surface area contributed by atoms with E-state index >= 15 is 0 Å². The van der Waals surface area contributed by atoms with Crippen LogP contribution in [-0.4, -0.2) is 25.8 Å². The van der Waals surface area contributed by atoms with Gasteiger partial charge in [0, 0.05) is 53.4 Å². The molecule has 3 heterocycles. The summed E-state index contributed by atoms with van der Waals surface area (Å²) in [6.45, 7) is 1.88. The number of carbonyl (C=O) groups excluding carboxylic acids is 1. The highest BCUT2D eigenvalue weighted by Gasteiger charge is 2.19. The second-order valence-electron chi connectivity index (χ2n) is 7.68. The standard InChI is InChI=1S/C25H21N5O/c1-16-13-27-11-9-21(16)25(31)29-20-7-8-22-17(12-20)4-2-5-18-15-28-24(30-23(18)22)19-6-3-10-26-14-19/h3,6-15H,2,4-5H2,1H3,(H,29,31). The van der Waals surface area contributed by atoms with Crippen LogP contribution >= 0.6 is 0 Å². The second kappa shape index (κ2) is 8.07. The maximum atomic E-state index is 12.7. The summed E-state index contributed by atoms with van der Waals surface area (Å²) < 4.78 is 0. The molecule has 6 nitrogen and oxygen atoms in total. The second-order valence-corrected chi connectivity index (χ2v) is 7.68. The topological polar surface area (TPSA) is 80.7 Å². The summed E-state index contributed by atoms with van der Waals surface area (Å²) in [7, 11) is 0. The van der Waals surface area contributed by atoms with Crippen molar-refractivity contribution in [3.05, 3.63) is 89.6 Å². The number of nitrogens with zero attached hydrogens (tertiary/aromatic N) is 4. The maximum Gasteiger partial charge on any atom is 0.256 e. The SMILES string of the molecule is Cc1cnccc1C(=O)Nc1ccc2c(c1)CCCc1cnc(-c3cccnc3)nc1-2. The lowest BCUT2D eigenvalue weighted by Gasteiger charge is -2.13. The van der Waals surface area contributed by atoms with Crippen molar-refractivity contribution < 1.29 is 4.79 Å². The number of benzene rings is 1. The number of aryl methyl sites for hydroxylation is 3. The van der Waals surface area contributed by atoms with E-state index in [4.69, 9.17) is 4.98 Å². The van der Waals surface area contributed by atoms with Crippen LogP contribution in [0.4, 0.5) is 5.69 Å². The molecule has 152 valence electrons. The molecule has 0 aliphatic heterocycles. The average molecular weight is 407 g/mol. The molecule has 1 N–H and O–H groups in total. The summed E-state index contributed by atoms with van der Waals surface area (Å²) in [4.78, 5) is 30.4. The van der Waals surface area contributed by atoms with E-state index in [0.717, 1.165) is 52.9 Å². The van der Waals surface area contributed by atoms with Crippen molar-refractivity contribution in [2.75, 3.05) is 5.32 Å². The summed E-state index contributed by atoms with van der Waals surface area (Å²) in [5, 5.41) is 3.02. The third kappa shape index (κ3) is 3.80. The summed E-state index contributed by atoms with van der Waals surface area (Å²) in [5.74, 6) is 0.542. The smallest absolute Gasteiger partial charge is 0.256 e. The molecule has 0 radical (unpaired) electrons. The largest absolute Gasteiger partial charge is 0.322 e. The number of rotatable bonds is 3. The lowest BCUT2D eigenvalue weighted by molar-refractivity contribution is 0.102. The number of hydrogen-bond acceptors (Lipinski definition) is 5. The van der Waals surface area contributed by atoms with E-state index in [1.807, 2.05) is 31.3 Å². The fourth-order valence-corrected chi connectivity index (χ4v) is 3.96. The number of aromatic nitrogens is 4. The first-order chi connectivity index (χ1) is 15.2. The maximum absolute atomic E-state index is 12.7. The molecule has 0 saturated carbocycles. The van der Waals surface area contributed by atoms with E-state index in [0.29, 0.717) is 11.4 Å². The van der Waals surface area contributed by atoms with Crippen molar-refractivity contribution in [1.29, 1.82) is 0 Å². The van der Waals surface area contributed by atoms with Crippen LogP contribution < -0.4 is 5.32 Å². The first kappa shape index (κ1) is 19.1. The average Bonchev–Trinajstić information content (AvgIpc) is 2.98. The van der Waals surface area contributed by atoms with Crippen LogP contribution in [0.1, 0.15) is 33.5 Å². The van der Waals surface area contributed by atoms with Gasteiger partial charge in [0.2, 0.25) is 0 Å². The van der Waals surface area contributed by atoms with Gasteiger partial charge in [-0.3, -0.25) is 14.8 Å². The molecule has 1 aromatic carbocycles. The van der Waals surface area contributed by atoms with Gasteiger partial charge in [-0.25, -0.2) is 9.97 Å². The van der Waals surface area contributed by atoms with Gasteiger partial charge in [-0.05, 0) is 73.2 Å². The number of amides is 1. The van der Waals surface area contributed by atoms with Gasteiger partial charge in [-0.15, -0.1) is 0 Å². The van der Waals surface area contributed by atoms with Crippen LogP contribution in [0.3, 0.4) is 0 Å². The van der Waals surface area contributed by atoms with Crippen LogP contribution in [0, 0.1) is 6.92 Å². The molecule has 6 heteroatoms. The predicted octanol–water partition coefficient (Wildman–Crippen LogP) is 4.65. The molecule has 0 fully saturated rings. The molecule has 0 atom stereocenters. The third-order valence-corrected chi connectivity index (χ3v) is 5.56. The Morgan fingerprint density at radius 3 is 2.68 bits per heavy atom. The van der Waals surface area contributed by atoms with E-state index in [-0.39, 0.29) is 5.91 Å². The van der Waals surface area contributed by atoms with E-state index in [1.165, 1.54) is 5.56 Å². The minimum Gasteiger partial charge on any atom is -0.322 e. The number of carbonyl (C=O) groups is 1. The molecular formula is C25H21N5O. The minimum absolute atomic E-state index is 0.130. The van der Waals surface area contributed by atoms with Crippen molar-refractivity contribution in [2.24, 2.45) is 0 Å². The van der Waals surface area contributed by atoms with Crippen molar-refractivity contribution in [3.8, 4) is 22.6 Å². The van der Waals surface area contributed by atoms with Gasteiger partial charge in [0.1, 0.15) is 0 Å². The summed E-state index contributed by atoms with van der Waals surface area (Å²) in [5.41, 5.74) is 7.54. The Hall–Kier alpha value is -3.93. The van der Waals surface area contributed by atoms with Crippen LogP contribution in [0.15, 0.2) is 67.4 Å². The van der Waals surface area contributed by atoms with Crippen molar-refractivity contribution in [3.63, 3.8) is 0 Å². The monoisotopic (exact) mass is 407 g/mol. The predicted molar refractivity (Wildman–Crippen MR) is 120 cm³/mol. The van der Waals surface area contributed by atoms with Crippen LogP contribution in [0.2, 0.25) is 0 Å². The zero-order chi connectivity index (χ0) is 21.2. The highest BCUT2D eigenvalue weighted by atomic mass is 16.1. The third-order valence-electron chi connectivity index (χ3n) is 5.56.